The maximum Gasteiger partial charge on any atom is 0.137 e. The van der Waals surface area contributed by atoms with Crippen LogP contribution in [0.5, 0.6) is 0 Å². The van der Waals surface area contributed by atoms with E-state index in [4.69, 9.17) is 11.6 Å². The first kappa shape index (κ1) is 13.0. The van der Waals surface area contributed by atoms with E-state index in [9.17, 15) is 0 Å². The molecule has 0 radical (unpaired) electrons. The van der Waals surface area contributed by atoms with E-state index in [0.717, 1.165) is 17.2 Å². The van der Waals surface area contributed by atoms with Crippen LogP contribution in [0.2, 0.25) is 5.15 Å². The molecule has 0 amide bonds. The van der Waals surface area contributed by atoms with Crippen LogP contribution in [-0.4, -0.2) is 16.5 Å². The minimum absolute atomic E-state index is 0.109. The molecule has 1 N–H and O–H groups in total. The topological polar surface area (TPSA) is 37.8 Å². The molecule has 16 heavy (non-hydrogen) atoms. The van der Waals surface area contributed by atoms with Crippen molar-refractivity contribution in [2.75, 3.05) is 11.9 Å². The van der Waals surface area contributed by atoms with E-state index < -0.39 is 0 Å². The molecular formula is C12H18ClN3. The van der Waals surface area contributed by atoms with Crippen molar-refractivity contribution in [2.24, 2.45) is 0 Å². The van der Waals surface area contributed by atoms with Gasteiger partial charge in [-0.05, 0) is 6.92 Å². The average Bonchev–Trinajstić information content (AvgIpc) is 2.18. The number of hydrogen-bond acceptors (Lipinski definition) is 3. The Labute approximate surface area is 102 Å². The first-order valence-electron chi connectivity index (χ1n) is 5.25. The maximum atomic E-state index is 6.09. The molecule has 0 unspecified atom stereocenters. The van der Waals surface area contributed by atoms with Crippen LogP contribution in [0.15, 0.2) is 12.7 Å². The summed E-state index contributed by atoms with van der Waals surface area (Å²) in [4.78, 5) is 8.79. The van der Waals surface area contributed by atoms with Gasteiger partial charge in [-0.2, -0.15) is 0 Å². The minimum atomic E-state index is -0.109. The van der Waals surface area contributed by atoms with Crippen LogP contribution in [-0.2, 0) is 5.41 Å². The summed E-state index contributed by atoms with van der Waals surface area (Å²) in [6.07, 6.45) is 1.78. The second-order valence-electron chi connectivity index (χ2n) is 4.73. The number of aromatic nitrogens is 2. The lowest BCUT2D eigenvalue weighted by atomic mass is 9.95. The molecule has 1 aromatic heterocycles. The summed E-state index contributed by atoms with van der Waals surface area (Å²) in [5.74, 6) is 1.53. The molecule has 0 aliphatic carbocycles. The van der Waals surface area contributed by atoms with Gasteiger partial charge in [0.05, 0.1) is 0 Å². The second kappa shape index (κ2) is 4.83. The van der Waals surface area contributed by atoms with Crippen molar-refractivity contribution in [1.29, 1.82) is 0 Å². The van der Waals surface area contributed by atoms with E-state index in [1.807, 2.05) is 6.92 Å². The number of halogens is 1. The van der Waals surface area contributed by atoms with E-state index >= 15 is 0 Å². The zero-order valence-electron chi connectivity index (χ0n) is 10.3. The summed E-state index contributed by atoms with van der Waals surface area (Å²) in [5, 5.41) is 3.67. The van der Waals surface area contributed by atoms with E-state index in [-0.39, 0.29) is 5.41 Å². The molecule has 1 heterocycles. The van der Waals surface area contributed by atoms with Gasteiger partial charge in [0, 0.05) is 17.5 Å². The van der Waals surface area contributed by atoms with Crippen LogP contribution >= 0.6 is 11.6 Å². The van der Waals surface area contributed by atoms with Gasteiger partial charge in [-0.15, -0.1) is 6.58 Å². The predicted molar refractivity (Wildman–Crippen MR) is 69.2 cm³/mol. The first-order chi connectivity index (χ1) is 7.36. The second-order valence-corrected chi connectivity index (χ2v) is 5.09. The van der Waals surface area contributed by atoms with Crippen LogP contribution in [0.3, 0.4) is 0 Å². The molecule has 0 spiro atoms. The molecule has 0 aliphatic rings. The summed E-state index contributed by atoms with van der Waals surface area (Å²) in [5.41, 5.74) is 0.763. The van der Waals surface area contributed by atoms with Crippen molar-refractivity contribution >= 4 is 17.4 Å². The van der Waals surface area contributed by atoms with E-state index in [1.54, 1.807) is 6.08 Å². The normalized spacial score (nSPS) is 11.3. The zero-order valence-corrected chi connectivity index (χ0v) is 11.0. The molecule has 0 aliphatic heterocycles. The smallest absolute Gasteiger partial charge is 0.137 e. The van der Waals surface area contributed by atoms with Crippen molar-refractivity contribution in [3.8, 4) is 0 Å². The SMILES string of the molecule is C=CCNc1nc(C(C)(C)C)nc(Cl)c1C. The highest BCUT2D eigenvalue weighted by Gasteiger charge is 2.20. The van der Waals surface area contributed by atoms with Gasteiger partial charge < -0.3 is 5.32 Å². The van der Waals surface area contributed by atoms with Gasteiger partial charge in [-0.25, -0.2) is 9.97 Å². The Balaban J connectivity index is 3.16. The third kappa shape index (κ3) is 2.95. The van der Waals surface area contributed by atoms with Crippen LogP contribution < -0.4 is 5.32 Å². The Morgan fingerprint density at radius 2 is 2.00 bits per heavy atom. The van der Waals surface area contributed by atoms with Crippen LogP contribution in [0.1, 0.15) is 32.2 Å². The standard InChI is InChI=1S/C12H18ClN3/c1-6-7-14-10-8(2)9(13)15-11(16-10)12(3,4)5/h6H,1,7H2,2-5H3,(H,14,15,16). The summed E-state index contributed by atoms with van der Waals surface area (Å²) in [6, 6.07) is 0. The lowest BCUT2D eigenvalue weighted by Gasteiger charge is -2.19. The third-order valence-corrected chi connectivity index (χ3v) is 2.54. The largest absolute Gasteiger partial charge is 0.366 e. The lowest BCUT2D eigenvalue weighted by Crippen LogP contribution is -2.18. The lowest BCUT2D eigenvalue weighted by molar-refractivity contribution is 0.545. The molecule has 1 aromatic rings. The Bertz CT molecular complexity index is 394. The molecule has 0 bridgehead atoms. The van der Waals surface area contributed by atoms with Gasteiger partial charge in [0.25, 0.3) is 0 Å². The number of anilines is 1. The molecule has 1 rings (SSSR count). The van der Waals surface area contributed by atoms with Crippen molar-refractivity contribution in [1.82, 2.24) is 9.97 Å². The fourth-order valence-corrected chi connectivity index (χ4v) is 1.34. The molecule has 4 heteroatoms. The highest BCUT2D eigenvalue weighted by molar-refractivity contribution is 6.30. The van der Waals surface area contributed by atoms with Gasteiger partial charge in [0.2, 0.25) is 0 Å². The monoisotopic (exact) mass is 239 g/mol. The van der Waals surface area contributed by atoms with Gasteiger partial charge >= 0.3 is 0 Å². The number of nitrogens with one attached hydrogen (secondary N) is 1. The molecular weight excluding hydrogens is 222 g/mol. The van der Waals surface area contributed by atoms with Crippen LogP contribution in [0.25, 0.3) is 0 Å². The summed E-state index contributed by atoms with van der Waals surface area (Å²) < 4.78 is 0. The van der Waals surface area contributed by atoms with Crippen molar-refractivity contribution in [3.63, 3.8) is 0 Å². The predicted octanol–water partition coefficient (Wildman–Crippen LogP) is 3.33. The number of rotatable bonds is 3. The molecule has 0 fully saturated rings. The third-order valence-electron chi connectivity index (χ3n) is 2.17. The minimum Gasteiger partial charge on any atom is -0.366 e. The zero-order chi connectivity index (χ0) is 12.3. The fourth-order valence-electron chi connectivity index (χ4n) is 1.17. The van der Waals surface area contributed by atoms with Crippen LogP contribution in [0, 0.1) is 6.92 Å². The van der Waals surface area contributed by atoms with Gasteiger partial charge in [0.1, 0.15) is 16.8 Å². The van der Waals surface area contributed by atoms with Crippen molar-refractivity contribution in [3.05, 3.63) is 29.2 Å². The molecule has 3 nitrogen and oxygen atoms in total. The van der Waals surface area contributed by atoms with Gasteiger partial charge in [-0.1, -0.05) is 38.4 Å². The maximum absolute atomic E-state index is 6.09. The van der Waals surface area contributed by atoms with E-state index in [0.29, 0.717) is 11.7 Å². The number of hydrogen-bond donors (Lipinski definition) is 1. The summed E-state index contributed by atoms with van der Waals surface area (Å²) in [7, 11) is 0. The molecule has 0 atom stereocenters. The van der Waals surface area contributed by atoms with Crippen LogP contribution in [0.4, 0.5) is 5.82 Å². The Morgan fingerprint density at radius 1 is 1.38 bits per heavy atom. The highest BCUT2D eigenvalue weighted by atomic mass is 35.5. The molecule has 0 saturated carbocycles. The highest BCUT2D eigenvalue weighted by Crippen LogP contribution is 2.25. The van der Waals surface area contributed by atoms with E-state index in [2.05, 4.69) is 42.6 Å². The molecule has 0 aromatic carbocycles. The summed E-state index contributed by atoms with van der Waals surface area (Å²) in [6.45, 7) is 12.4. The number of nitrogens with zero attached hydrogens (tertiary/aromatic N) is 2. The Hall–Kier alpha value is -1.09. The van der Waals surface area contributed by atoms with Gasteiger partial charge in [0.15, 0.2) is 0 Å². The fraction of sp³-hybridized carbons (Fsp3) is 0.500. The first-order valence-corrected chi connectivity index (χ1v) is 5.63. The average molecular weight is 240 g/mol. The quantitative estimate of drug-likeness (QED) is 0.650. The Kier molecular flexibility index (Phi) is 3.92. The van der Waals surface area contributed by atoms with E-state index in [1.165, 1.54) is 0 Å². The van der Waals surface area contributed by atoms with Gasteiger partial charge in [-0.3, -0.25) is 0 Å². The molecule has 0 saturated heterocycles. The van der Waals surface area contributed by atoms with Crippen molar-refractivity contribution < 1.29 is 0 Å². The molecule has 88 valence electrons. The summed E-state index contributed by atoms with van der Waals surface area (Å²) >= 11 is 6.09. The van der Waals surface area contributed by atoms with Crippen molar-refractivity contribution in [2.45, 2.75) is 33.1 Å². The Morgan fingerprint density at radius 3 is 2.50 bits per heavy atom.